The summed E-state index contributed by atoms with van der Waals surface area (Å²) in [6.45, 7) is 0.655. The van der Waals surface area contributed by atoms with Gasteiger partial charge < -0.3 is 15.0 Å². The van der Waals surface area contributed by atoms with Crippen LogP contribution in [-0.4, -0.2) is 36.5 Å². The van der Waals surface area contributed by atoms with Crippen molar-refractivity contribution in [1.82, 2.24) is 0 Å². The smallest absolute Gasteiger partial charge is 0.341 e. The molecule has 1 saturated heterocycles. The molecule has 0 radical (unpaired) electrons. The van der Waals surface area contributed by atoms with Crippen molar-refractivity contribution in [2.75, 3.05) is 29.9 Å². The van der Waals surface area contributed by atoms with E-state index in [1.807, 2.05) is 4.90 Å². The molecule has 0 saturated carbocycles. The topological polar surface area (TPSA) is 102 Å². The number of amides is 1. The Labute approximate surface area is 164 Å². The second-order valence-corrected chi connectivity index (χ2v) is 6.40. The van der Waals surface area contributed by atoms with Gasteiger partial charge in [0.1, 0.15) is 11.6 Å². The molecular weight excluding hydrogens is 388 g/mol. The number of benzene rings is 2. The van der Waals surface area contributed by atoms with Crippen molar-refractivity contribution in [2.45, 2.75) is 12.8 Å². The van der Waals surface area contributed by atoms with E-state index in [1.54, 1.807) is 0 Å². The van der Waals surface area contributed by atoms with Crippen LogP contribution in [0.2, 0.25) is 0 Å². The SMILES string of the molecule is O=C(COC(=O)c1cc([N+](=O)[O-])ccc1N1CCCC1)Nc1ccc(F)cc1F. The Balaban J connectivity index is 1.71. The molecule has 29 heavy (non-hydrogen) atoms. The first kappa shape index (κ1) is 20.2. The van der Waals surface area contributed by atoms with Crippen LogP contribution in [0.25, 0.3) is 0 Å². The fourth-order valence-electron chi connectivity index (χ4n) is 3.02. The van der Waals surface area contributed by atoms with E-state index in [2.05, 4.69) is 5.32 Å². The zero-order chi connectivity index (χ0) is 21.0. The Kier molecular flexibility index (Phi) is 6.01. The minimum absolute atomic E-state index is 0.0261. The van der Waals surface area contributed by atoms with E-state index in [0.717, 1.165) is 31.0 Å². The molecule has 0 aromatic heterocycles. The number of hydrogen-bond donors (Lipinski definition) is 1. The predicted octanol–water partition coefficient (Wildman–Crippen LogP) is 3.27. The van der Waals surface area contributed by atoms with Gasteiger partial charge in [-0.05, 0) is 31.0 Å². The lowest BCUT2D eigenvalue weighted by molar-refractivity contribution is -0.384. The minimum atomic E-state index is -0.973. The van der Waals surface area contributed by atoms with Crippen molar-refractivity contribution in [3.63, 3.8) is 0 Å². The van der Waals surface area contributed by atoms with Gasteiger partial charge in [0.05, 0.1) is 21.9 Å². The lowest BCUT2D eigenvalue weighted by atomic mass is 10.1. The highest BCUT2D eigenvalue weighted by Crippen LogP contribution is 2.29. The highest BCUT2D eigenvalue weighted by molar-refractivity contribution is 5.99. The summed E-state index contributed by atoms with van der Waals surface area (Å²) in [5, 5.41) is 13.2. The third-order valence-corrected chi connectivity index (χ3v) is 4.40. The molecular formula is C19H17F2N3O5. The molecule has 1 amide bonds. The number of nitrogens with zero attached hydrogens (tertiary/aromatic N) is 2. The van der Waals surface area contributed by atoms with Gasteiger partial charge in [-0.15, -0.1) is 0 Å². The van der Waals surface area contributed by atoms with E-state index in [1.165, 1.54) is 12.1 Å². The summed E-state index contributed by atoms with van der Waals surface area (Å²) >= 11 is 0. The van der Waals surface area contributed by atoms with Crippen molar-refractivity contribution in [3.05, 3.63) is 63.7 Å². The number of halogens is 2. The highest BCUT2D eigenvalue weighted by Gasteiger charge is 2.24. The summed E-state index contributed by atoms with van der Waals surface area (Å²) in [6, 6.07) is 6.50. The van der Waals surface area contributed by atoms with Gasteiger partial charge in [0, 0.05) is 31.3 Å². The molecule has 2 aromatic rings. The van der Waals surface area contributed by atoms with Crippen LogP contribution in [-0.2, 0) is 9.53 Å². The molecule has 0 unspecified atom stereocenters. The average molecular weight is 405 g/mol. The summed E-state index contributed by atoms with van der Waals surface area (Å²) in [5.41, 5.74) is -0.0803. The molecule has 1 fully saturated rings. The molecule has 2 aromatic carbocycles. The number of hydrogen-bond acceptors (Lipinski definition) is 6. The first-order valence-corrected chi connectivity index (χ1v) is 8.80. The zero-order valence-corrected chi connectivity index (χ0v) is 15.2. The number of esters is 1. The van der Waals surface area contributed by atoms with Crippen LogP contribution in [0.15, 0.2) is 36.4 Å². The van der Waals surface area contributed by atoms with Crippen LogP contribution in [0, 0.1) is 21.7 Å². The van der Waals surface area contributed by atoms with Gasteiger partial charge in [-0.3, -0.25) is 14.9 Å². The Morgan fingerprint density at radius 1 is 1.14 bits per heavy atom. The van der Waals surface area contributed by atoms with Crippen molar-refractivity contribution >= 4 is 28.9 Å². The first-order chi connectivity index (χ1) is 13.8. The molecule has 0 spiro atoms. The van der Waals surface area contributed by atoms with Crippen LogP contribution in [0.3, 0.4) is 0 Å². The van der Waals surface area contributed by atoms with Crippen molar-refractivity contribution in [1.29, 1.82) is 0 Å². The van der Waals surface area contributed by atoms with Gasteiger partial charge >= 0.3 is 5.97 Å². The molecule has 10 heteroatoms. The van der Waals surface area contributed by atoms with Crippen LogP contribution in [0.4, 0.5) is 25.8 Å². The standard InChI is InChI=1S/C19H17F2N3O5/c20-12-3-5-16(15(21)9-12)22-18(25)11-29-19(26)14-10-13(24(27)28)4-6-17(14)23-7-1-2-8-23/h3-6,9-10H,1-2,7-8,11H2,(H,22,25). The van der Waals surface area contributed by atoms with Gasteiger partial charge in [-0.25, -0.2) is 13.6 Å². The zero-order valence-electron chi connectivity index (χ0n) is 15.2. The lowest BCUT2D eigenvalue weighted by Gasteiger charge is -2.20. The molecule has 1 N–H and O–H groups in total. The molecule has 1 aliphatic heterocycles. The number of nitro benzene ring substituents is 1. The molecule has 3 rings (SSSR count). The van der Waals surface area contributed by atoms with Crippen molar-refractivity contribution in [2.24, 2.45) is 0 Å². The van der Waals surface area contributed by atoms with Gasteiger partial charge in [0.25, 0.3) is 11.6 Å². The number of carbonyl (C=O) groups is 2. The van der Waals surface area contributed by atoms with E-state index < -0.39 is 35.0 Å². The summed E-state index contributed by atoms with van der Waals surface area (Å²) in [7, 11) is 0. The molecule has 1 heterocycles. The molecule has 0 atom stereocenters. The maximum Gasteiger partial charge on any atom is 0.341 e. The summed E-state index contributed by atoms with van der Waals surface area (Å²) in [6.07, 6.45) is 1.86. The highest BCUT2D eigenvalue weighted by atomic mass is 19.1. The van der Waals surface area contributed by atoms with Gasteiger partial charge in [-0.2, -0.15) is 0 Å². The Hall–Kier alpha value is -3.56. The number of anilines is 2. The summed E-state index contributed by atoms with van der Waals surface area (Å²) in [4.78, 5) is 36.8. The number of non-ortho nitro benzene ring substituents is 1. The van der Waals surface area contributed by atoms with Crippen molar-refractivity contribution < 1.29 is 28.0 Å². The third-order valence-electron chi connectivity index (χ3n) is 4.40. The fourth-order valence-corrected chi connectivity index (χ4v) is 3.02. The third kappa shape index (κ3) is 4.84. The van der Waals surface area contributed by atoms with Crippen LogP contribution in [0.5, 0.6) is 0 Å². The maximum absolute atomic E-state index is 13.6. The van der Waals surface area contributed by atoms with Crippen LogP contribution < -0.4 is 10.2 Å². The summed E-state index contributed by atoms with van der Waals surface area (Å²) in [5.74, 6) is -3.52. The maximum atomic E-state index is 13.6. The molecule has 0 aliphatic carbocycles. The quantitative estimate of drug-likeness (QED) is 0.450. The number of nitro groups is 1. The van der Waals surface area contributed by atoms with Crippen LogP contribution in [0.1, 0.15) is 23.2 Å². The second kappa shape index (κ2) is 8.63. The monoisotopic (exact) mass is 405 g/mol. The number of ether oxygens (including phenoxy) is 1. The minimum Gasteiger partial charge on any atom is -0.452 e. The molecule has 1 aliphatic rings. The Morgan fingerprint density at radius 3 is 2.52 bits per heavy atom. The normalized spacial score (nSPS) is 13.2. The molecule has 0 bridgehead atoms. The van der Waals surface area contributed by atoms with Gasteiger partial charge in [0.2, 0.25) is 0 Å². The lowest BCUT2D eigenvalue weighted by Crippen LogP contribution is -2.24. The Morgan fingerprint density at radius 2 is 1.86 bits per heavy atom. The van der Waals surface area contributed by atoms with Crippen molar-refractivity contribution in [3.8, 4) is 0 Å². The van der Waals surface area contributed by atoms with E-state index in [-0.39, 0.29) is 16.9 Å². The van der Waals surface area contributed by atoms with E-state index in [0.29, 0.717) is 24.8 Å². The van der Waals surface area contributed by atoms with E-state index in [4.69, 9.17) is 4.74 Å². The van der Waals surface area contributed by atoms with Gasteiger partial charge in [0.15, 0.2) is 6.61 Å². The van der Waals surface area contributed by atoms with Gasteiger partial charge in [-0.1, -0.05) is 0 Å². The first-order valence-electron chi connectivity index (χ1n) is 8.80. The average Bonchev–Trinajstić information content (AvgIpc) is 3.22. The summed E-state index contributed by atoms with van der Waals surface area (Å²) < 4.78 is 31.5. The molecule has 152 valence electrons. The number of rotatable bonds is 6. The number of carbonyl (C=O) groups excluding carboxylic acids is 2. The number of nitrogens with one attached hydrogen (secondary N) is 1. The Bertz CT molecular complexity index is 961. The largest absolute Gasteiger partial charge is 0.452 e. The fraction of sp³-hybridized carbons (Fsp3) is 0.263. The molecule has 8 nitrogen and oxygen atoms in total. The second-order valence-electron chi connectivity index (χ2n) is 6.40. The van der Waals surface area contributed by atoms with E-state index >= 15 is 0 Å². The predicted molar refractivity (Wildman–Crippen MR) is 99.8 cm³/mol. The van der Waals surface area contributed by atoms with E-state index in [9.17, 15) is 28.5 Å². The van der Waals surface area contributed by atoms with Crippen LogP contribution >= 0.6 is 0 Å².